The maximum Gasteiger partial charge on any atom is 0.0647 e. The lowest BCUT2D eigenvalue weighted by Crippen LogP contribution is -2.57. The molecule has 2 heterocycles. The minimum absolute atomic E-state index is 0.275. The normalized spacial score (nSPS) is 36.8. The summed E-state index contributed by atoms with van der Waals surface area (Å²) in [6.07, 6.45) is 5.32. The van der Waals surface area contributed by atoms with Crippen LogP contribution in [0.5, 0.6) is 0 Å². The van der Waals surface area contributed by atoms with Crippen LogP contribution < -0.4 is 5.32 Å². The van der Waals surface area contributed by atoms with E-state index < -0.39 is 0 Å². The molecule has 2 aliphatic rings. The van der Waals surface area contributed by atoms with E-state index in [4.69, 9.17) is 4.74 Å². The highest BCUT2D eigenvalue weighted by molar-refractivity contribution is 5.00. The molecule has 2 unspecified atom stereocenters. The average Bonchev–Trinajstić information content (AvgIpc) is 2.80. The standard InChI is InChI=1S/C13H26N2O/c1-3-15-9-6-12(10-15)13(11-16-2)7-4-5-8-14-13/h12,14H,3-11H2,1-2H3. The highest BCUT2D eigenvalue weighted by atomic mass is 16.5. The molecule has 0 radical (unpaired) electrons. The van der Waals surface area contributed by atoms with Crippen molar-refractivity contribution in [1.82, 2.24) is 10.2 Å². The maximum absolute atomic E-state index is 5.48. The molecule has 3 nitrogen and oxygen atoms in total. The van der Waals surface area contributed by atoms with Crippen LogP contribution in [0, 0.1) is 5.92 Å². The number of likely N-dealkylation sites (tertiary alicyclic amines) is 1. The summed E-state index contributed by atoms with van der Waals surface area (Å²) >= 11 is 0. The van der Waals surface area contributed by atoms with Crippen LogP contribution in [0.15, 0.2) is 0 Å². The van der Waals surface area contributed by atoms with Gasteiger partial charge in [-0.05, 0) is 44.8 Å². The van der Waals surface area contributed by atoms with E-state index in [1.54, 1.807) is 0 Å². The summed E-state index contributed by atoms with van der Waals surface area (Å²) in [7, 11) is 1.84. The number of hydrogen-bond acceptors (Lipinski definition) is 3. The molecule has 0 aromatic carbocycles. The number of methoxy groups -OCH3 is 1. The Morgan fingerprint density at radius 3 is 2.88 bits per heavy atom. The highest BCUT2D eigenvalue weighted by Crippen LogP contribution is 2.34. The van der Waals surface area contributed by atoms with Gasteiger partial charge in [0, 0.05) is 19.2 Å². The second-order valence-corrected chi connectivity index (χ2v) is 5.35. The molecule has 2 saturated heterocycles. The molecule has 2 atom stereocenters. The van der Waals surface area contributed by atoms with Crippen LogP contribution >= 0.6 is 0 Å². The molecular weight excluding hydrogens is 200 g/mol. The van der Waals surface area contributed by atoms with E-state index >= 15 is 0 Å². The lowest BCUT2D eigenvalue weighted by molar-refractivity contribution is 0.0500. The fraction of sp³-hybridized carbons (Fsp3) is 1.00. The van der Waals surface area contributed by atoms with Crippen LogP contribution in [0.25, 0.3) is 0 Å². The number of ether oxygens (including phenoxy) is 1. The van der Waals surface area contributed by atoms with Crippen molar-refractivity contribution < 1.29 is 4.74 Å². The van der Waals surface area contributed by atoms with E-state index in [0.29, 0.717) is 0 Å². The van der Waals surface area contributed by atoms with Crippen molar-refractivity contribution in [2.24, 2.45) is 5.92 Å². The molecule has 0 saturated carbocycles. The second-order valence-electron chi connectivity index (χ2n) is 5.35. The zero-order chi connectivity index (χ0) is 11.4. The minimum Gasteiger partial charge on any atom is -0.383 e. The Labute approximate surface area is 99.5 Å². The first-order valence-electron chi connectivity index (χ1n) is 6.77. The summed E-state index contributed by atoms with van der Waals surface area (Å²) in [5.74, 6) is 0.785. The van der Waals surface area contributed by atoms with Gasteiger partial charge in [0.25, 0.3) is 0 Å². The maximum atomic E-state index is 5.48. The molecule has 0 amide bonds. The Hall–Kier alpha value is -0.120. The van der Waals surface area contributed by atoms with Gasteiger partial charge in [-0.3, -0.25) is 0 Å². The predicted molar refractivity (Wildman–Crippen MR) is 66.7 cm³/mol. The Bertz CT molecular complexity index is 208. The summed E-state index contributed by atoms with van der Waals surface area (Å²) in [4.78, 5) is 2.57. The zero-order valence-corrected chi connectivity index (χ0v) is 10.8. The Balaban J connectivity index is 2.01. The Kier molecular flexibility index (Phi) is 4.22. The lowest BCUT2D eigenvalue weighted by Gasteiger charge is -2.42. The van der Waals surface area contributed by atoms with Gasteiger partial charge in [0.05, 0.1) is 6.61 Å². The van der Waals surface area contributed by atoms with Crippen LogP contribution in [-0.2, 0) is 4.74 Å². The third-order valence-corrected chi connectivity index (χ3v) is 4.43. The number of nitrogens with one attached hydrogen (secondary N) is 1. The Morgan fingerprint density at radius 1 is 1.44 bits per heavy atom. The first-order valence-corrected chi connectivity index (χ1v) is 6.77. The molecule has 1 N–H and O–H groups in total. The predicted octanol–water partition coefficient (Wildman–Crippen LogP) is 1.49. The molecule has 2 aliphatic heterocycles. The monoisotopic (exact) mass is 226 g/mol. The lowest BCUT2D eigenvalue weighted by atomic mass is 9.77. The molecule has 0 aromatic heterocycles. The van der Waals surface area contributed by atoms with Crippen molar-refractivity contribution >= 4 is 0 Å². The molecular formula is C13H26N2O. The van der Waals surface area contributed by atoms with Gasteiger partial charge in [-0.15, -0.1) is 0 Å². The van der Waals surface area contributed by atoms with Gasteiger partial charge in [0.1, 0.15) is 0 Å². The Morgan fingerprint density at radius 2 is 2.31 bits per heavy atom. The van der Waals surface area contributed by atoms with Crippen LogP contribution in [0.4, 0.5) is 0 Å². The topological polar surface area (TPSA) is 24.5 Å². The number of nitrogens with zero attached hydrogens (tertiary/aromatic N) is 1. The number of rotatable bonds is 4. The summed E-state index contributed by atoms with van der Waals surface area (Å²) in [5.41, 5.74) is 0.275. The highest BCUT2D eigenvalue weighted by Gasteiger charge is 2.42. The summed E-state index contributed by atoms with van der Waals surface area (Å²) < 4.78 is 5.48. The van der Waals surface area contributed by atoms with Gasteiger partial charge < -0.3 is 15.0 Å². The quantitative estimate of drug-likeness (QED) is 0.786. The molecule has 94 valence electrons. The van der Waals surface area contributed by atoms with Gasteiger partial charge in [-0.1, -0.05) is 13.3 Å². The number of piperidine rings is 1. The van der Waals surface area contributed by atoms with Gasteiger partial charge in [0.15, 0.2) is 0 Å². The third-order valence-electron chi connectivity index (χ3n) is 4.43. The van der Waals surface area contributed by atoms with E-state index in [2.05, 4.69) is 17.1 Å². The van der Waals surface area contributed by atoms with Crippen LogP contribution in [0.2, 0.25) is 0 Å². The van der Waals surface area contributed by atoms with E-state index in [9.17, 15) is 0 Å². The molecule has 0 bridgehead atoms. The molecule has 3 heteroatoms. The molecule has 0 aliphatic carbocycles. The van der Waals surface area contributed by atoms with Gasteiger partial charge >= 0.3 is 0 Å². The summed E-state index contributed by atoms with van der Waals surface area (Å²) in [6.45, 7) is 8.04. The van der Waals surface area contributed by atoms with Crippen molar-refractivity contribution in [1.29, 1.82) is 0 Å². The molecule has 2 rings (SSSR count). The fourth-order valence-electron chi connectivity index (χ4n) is 3.41. The smallest absolute Gasteiger partial charge is 0.0647 e. The molecule has 0 spiro atoms. The molecule has 2 fully saturated rings. The van der Waals surface area contributed by atoms with E-state index in [1.165, 1.54) is 51.9 Å². The average molecular weight is 226 g/mol. The van der Waals surface area contributed by atoms with Gasteiger partial charge in [0.2, 0.25) is 0 Å². The fourth-order valence-corrected chi connectivity index (χ4v) is 3.41. The van der Waals surface area contributed by atoms with Crippen LogP contribution in [0.3, 0.4) is 0 Å². The zero-order valence-electron chi connectivity index (χ0n) is 10.8. The second kappa shape index (κ2) is 5.48. The molecule has 0 aromatic rings. The van der Waals surface area contributed by atoms with Crippen molar-refractivity contribution in [2.45, 2.75) is 38.1 Å². The van der Waals surface area contributed by atoms with E-state index in [-0.39, 0.29) is 5.54 Å². The van der Waals surface area contributed by atoms with Crippen molar-refractivity contribution in [3.63, 3.8) is 0 Å². The van der Waals surface area contributed by atoms with Gasteiger partial charge in [-0.2, -0.15) is 0 Å². The number of hydrogen-bond donors (Lipinski definition) is 1. The summed E-state index contributed by atoms with van der Waals surface area (Å²) in [5, 5.41) is 3.77. The van der Waals surface area contributed by atoms with Crippen LogP contribution in [0.1, 0.15) is 32.6 Å². The van der Waals surface area contributed by atoms with Gasteiger partial charge in [-0.25, -0.2) is 0 Å². The third kappa shape index (κ3) is 2.41. The summed E-state index contributed by atoms with van der Waals surface area (Å²) in [6, 6.07) is 0. The van der Waals surface area contributed by atoms with Crippen molar-refractivity contribution in [3.05, 3.63) is 0 Å². The van der Waals surface area contributed by atoms with E-state index in [0.717, 1.165) is 12.5 Å². The molecule has 16 heavy (non-hydrogen) atoms. The minimum atomic E-state index is 0.275. The van der Waals surface area contributed by atoms with Crippen molar-refractivity contribution in [2.75, 3.05) is 39.9 Å². The largest absolute Gasteiger partial charge is 0.383 e. The first kappa shape index (κ1) is 12.3. The first-order chi connectivity index (χ1) is 7.80. The van der Waals surface area contributed by atoms with E-state index in [1.807, 2.05) is 7.11 Å². The SMILES string of the molecule is CCN1CCC(C2(COC)CCCCN2)C1. The van der Waals surface area contributed by atoms with Crippen molar-refractivity contribution in [3.8, 4) is 0 Å². The van der Waals surface area contributed by atoms with Crippen LogP contribution in [-0.4, -0.2) is 50.3 Å².